The van der Waals surface area contributed by atoms with Gasteiger partial charge in [-0.15, -0.1) is 0 Å². The molecule has 3 aromatic rings. The van der Waals surface area contributed by atoms with Gasteiger partial charge in [0.15, 0.2) is 0 Å². The Morgan fingerprint density at radius 2 is 1.96 bits per heavy atom. The summed E-state index contributed by atoms with van der Waals surface area (Å²) >= 11 is 0. The molecule has 2 aromatic carbocycles. The highest BCUT2D eigenvalue weighted by molar-refractivity contribution is 5.98. The van der Waals surface area contributed by atoms with Crippen molar-refractivity contribution in [1.82, 2.24) is 5.32 Å². The number of benzene rings is 2. The molecule has 0 aliphatic rings. The molecule has 0 aliphatic heterocycles. The van der Waals surface area contributed by atoms with E-state index >= 15 is 0 Å². The van der Waals surface area contributed by atoms with E-state index in [9.17, 15) is 9.18 Å². The van der Waals surface area contributed by atoms with Gasteiger partial charge in [0.25, 0.3) is 0 Å². The van der Waals surface area contributed by atoms with Crippen LogP contribution in [-0.4, -0.2) is 12.5 Å². The molecule has 146 valence electrons. The third-order valence-corrected chi connectivity index (χ3v) is 4.68. The number of furan rings is 1. The minimum atomic E-state index is -0.297. The van der Waals surface area contributed by atoms with Gasteiger partial charge < -0.3 is 14.5 Å². The third-order valence-electron chi connectivity index (χ3n) is 4.68. The Labute approximate surface area is 164 Å². The first-order valence-electron chi connectivity index (χ1n) is 9.25. The number of carbonyl (C=O) groups is 1. The van der Waals surface area contributed by atoms with Crippen molar-refractivity contribution in [2.45, 2.75) is 34.2 Å². The van der Waals surface area contributed by atoms with Gasteiger partial charge in [0.05, 0.1) is 12.9 Å². The van der Waals surface area contributed by atoms with E-state index in [0.29, 0.717) is 13.2 Å². The van der Waals surface area contributed by atoms with Crippen molar-refractivity contribution in [3.05, 3.63) is 70.7 Å². The van der Waals surface area contributed by atoms with Crippen molar-refractivity contribution in [2.24, 2.45) is 0 Å². The van der Waals surface area contributed by atoms with Crippen LogP contribution in [0, 0.1) is 19.7 Å². The second-order valence-corrected chi connectivity index (χ2v) is 6.78. The largest absolute Gasteiger partial charge is 0.493 e. The summed E-state index contributed by atoms with van der Waals surface area (Å²) in [7, 11) is 0. The second kappa shape index (κ2) is 8.30. The van der Waals surface area contributed by atoms with Crippen LogP contribution in [-0.2, 0) is 11.3 Å². The molecule has 0 unspecified atom stereocenters. The van der Waals surface area contributed by atoms with Crippen molar-refractivity contribution in [1.29, 1.82) is 0 Å². The van der Waals surface area contributed by atoms with Gasteiger partial charge in [-0.2, -0.15) is 0 Å². The smallest absolute Gasteiger partial charge is 0.244 e. The van der Waals surface area contributed by atoms with E-state index in [0.717, 1.165) is 44.5 Å². The summed E-state index contributed by atoms with van der Waals surface area (Å²) in [6.45, 7) is 8.61. The molecule has 0 spiro atoms. The normalized spacial score (nSPS) is 11.7. The summed E-state index contributed by atoms with van der Waals surface area (Å²) in [4.78, 5) is 12.4. The fourth-order valence-corrected chi connectivity index (χ4v) is 3.18. The summed E-state index contributed by atoms with van der Waals surface area (Å²) < 4.78 is 24.5. The second-order valence-electron chi connectivity index (χ2n) is 6.78. The lowest BCUT2D eigenvalue weighted by Gasteiger charge is -2.14. The van der Waals surface area contributed by atoms with Crippen LogP contribution in [0.15, 0.2) is 47.1 Å². The number of aryl methyl sites for hydroxylation is 2. The monoisotopic (exact) mass is 381 g/mol. The van der Waals surface area contributed by atoms with Crippen LogP contribution in [0.5, 0.6) is 5.75 Å². The van der Waals surface area contributed by atoms with Crippen molar-refractivity contribution < 1.29 is 18.3 Å². The van der Waals surface area contributed by atoms with E-state index in [1.165, 1.54) is 12.1 Å². The summed E-state index contributed by atoms with van der Waals surface area (Å²) in [5, 5.41) is 3.84. The predicted molar refractivity (Wildman–Crippen MR) is 109 cm³/mol. The number of nitrogens with one attached hydrogen (secondary N) is 1. The minimum Gasteiger partial charge on any atom is -0.493 e. The number of rotatable bonds is 6. The zero-order valence-electron chi connectivity index (χ0n) is 16.6. The Bertz CT molecular complexity index is 1030. The molecule has 1 heterocycles. The Balaban J connectivity index is 1.87. The summed E-state index contributed by atoms with van der Waals surface area (Å²) in [6, 6.07) is 8.06. The van der Waals surface area contributed by atoms with E-state index in [1.807, 2.05) is 33.8 Å². The highest BCUT2D eigenvalue weighted by atomic mass is 19.1. The lowest BCUT2D eigenvalue weighted by molar-refractivity contribution is -0.116. The van der Waals surface area contributed by atoms with Crippen molar-refractivity contribution in [2.75, 3.05) is 6.61 Å². The number of allylic oxidation sites excluding steroid dienone is 1. The van der Waals surface area contributed by atoms with Gasteiger partial charge in [-0.25, -0.2) is 4.39 Å². The van der Waals surface area contributed by atoms with Crippen molar-refractivity contribution in [3.63, 3.8) is 0 Å². The Kier molecular flexibility index (Phi) is 5.83. The molecule has 1 aromatic heterocycles. The van der Waals surface area contributed by atoms with Gasteiger partial charge in [-0.1, -0.05) is 12.1 Å². The highest BCUT2D eigenvalue weighted by Gasteiger charge is 2.17. The van der Waals surface area contributed by atoms with Gasteiger partial charge in [0, 0.05) is 29.1 Å². The zero-order chi connectivity index (χ0) is 20.3. The Hall–Kier alpha value is -3.08. The molecule has 0 radical (unpaired) electrons. The van der Waals surface area contributed by atoms with Gasteiger partial charge in [-0.05, 0) is 62.6 Å². The quantitative estimate of drug-likeness (QED) is 0.589. The van der Waals surface area contributed by atoms with Crippen LogP contribution in [0.1, 0.15) is 36.1 Å². The zero-order valence-corrected chi connectivity index (χ0v) is 16.6. The lowest BCUT2D eigenvalue weighted by Crippen LogP contribution is -2.20. The first-order chi connectivity index (χ1) is 13.4. The maximum atomic E-state index is 13.0. The number of fused-ring (bicyclic) bond motifs is 1. The molecule has 0 saturated heterocycles. The molecule has 1 amide bonds. The maximum Gasteiger partial charge on any atom is 0.244 e. The molecule has 28 heavy (non-hydrogen) atoms. The van der Waals surface area contributed by atoms with Gasteiger partial charge in [0.1, 0.15) is 17.1 Å². The average Bonchev–Trinajstić information content (AvgIpc) is 3.04. The fraction of sp³-hybridized carbons (Fsp3) is 0.261. The van der Waals surface area contributed by atoms with Crippen molar-refractivity contribution in [3.8, 4) is 5.75 Å². The lowest BCUT2D eigenvalue weighted by atomic mass is 9.98. The van der Waals surface area contributed by atoms with E-state index in [2.05, 4.69) is 5.32 Å². The molecular weight excluding hydrogens is 357 g/mol. The number of ether oxygens (including phenoxy) is 1. The molecule has 5 heteroatoms. The number of hydrogen-bond acceptors (Lipinski definition) is 3. The van der Waals surface area contributed by atoms with Gasteiger partial charge >= 0.3 is 0 Å². The molecule has 0 atom stereocenters. The molecular formula is C23H24FNO3. The first kappa shape index (κ1) is 19.7. The van der Waals surface area contributed by atoms with Crippen LogP contribution < -0.4 is 10.1 Å². The van der Waals surface area contributed by atoms with E-state index in [4.69, 9.17) is 9.15 Å². The van der Waals surface area contributed by atoms with Crippen LogP contribution in [0.4, 0.5) is 4.39 Å². The minimum absolute atomic E-state index is 0.217. The molecule has 0 saturated carbocycles. The van der Waals surface area contributed by atoms with Crippen LogP contribution in [0.25, 0.3) is 16.5 Å². The van der Waals surface area contributed by atoms with E-state index in [-0.39, 0.29) is 11.7 Å². The fourth-order valence-electron chi connectivity index (χ4n) is 3.18. The van der Waals surface area contributed by atoms with Crippen LogP contribution in [0.3, 0.4) is 0 Å². The number of halogens is 1. The SMILES string of the molecule is CCOc1c(/C(C)=C/C(=O)NCc2ccc(F)cc2)cc2c(C)coc2c1C. The topological polar surface area (TPSA) is 51.5 Å². The molecule has 4 nitrogen and oxygen atoms in total. The summed E-state index contributed by atoms with van der Waals surface area (Å²) in [5.41, 5.74) is 5.26. The standard InChI is InChI=1S/C23H24FNO3/c1-5-27-22-16(4)23-20(15(3)13-28-23)11-19(22)14(2)10-21(26)25-12-17-6-8-18(24)9-7-17/h6-11,13H,5,12H2,1-4H3,(H,25,26)/b14-10+. The van der Waals surface area contributed by atoms with Crippen LogP contribution in [0.2, 0.25) is 0 Å². The Morgan fingerprint density at radius 1 is 1.25 bits per heavy atom. The third kappa shape index (κ3) is 4.09. The van der Waals surface area contributed by atoms with Crippen LogP contribution >= 0.6 is 0 Å². The molecule has 0 fully saturated rings. The summed E-state index contributed by atoms with van der Waals surface area (Å²) in [6.07, 6.45) is 3.29. The molecule has 3 rings (SSSR count). The van der Waals surface area contributed by atoms with E-state index < -0.39 is 0 Å². The highest BCUT2D eigenvalue weighted by Crippen LogP contribution is 2.37. The molecule has 0 aliphatic carbocycles. The number of carbonyl (C=O) groups excluding carboxylic acids is 1. The molecule has 1 N–H and O–H groups in total. The molecule has 0 bridgehead atoms. The van der Waals surface area contributed by atoms with Gasteiger partial charge in [-0.3, -0.25) is 4.79 Å². The number of hydrogen-bond donors (Lipinski definition) is 1. The summed E-state index contributed by atoms with van der Waals surface area (Å²) in [5.74, 6) is 0.213. The average molecular weight is 381 g/mol. The number of amides is 1. The van der Waals surface area contributed by atoms with E-state index in [1.54, 1.807) is 24.5 Å². The van der Waals surface area contributed by atoms with Crippen molar-refractivity contribution >= 4 is 22.4 Å². The Morgan fingerprint density at radius 3 is 2.64 bits per heavy atom. The van der Waals surface area contributed by atoms with Gasteiger partial charge in [0.2, 0.25) is 5.91 Å². The maximum absolute atomic E-state index is 13.0. The predicted octanol–water partition coefficient (Wildman–Crippen LogP) is 5.31. The first-order valence-corrected chi connectivity index (χ1v) is 9.25.